The summed E-state index contributed by atoms with van der Waals surface area (Å²) in [7, 11) is 0. The lowest BCUT2D eigenvalue weighted by Crippen LogP contribution is -2.61. The Morgan fingerprint density at radius 1 is 1.31 bits per heavy atom. The van der Waals surface area contributed by atoms with Crippen LogP contribution in [0.3, 0.4) is 0 Å². The molecule has 94 valence electrons. The monoisotopic (exact) mass is 228 g/mol. The highest BCUT2D eigenvalue weighted by Crippen LogP contribution is 2.21. The Labute approximate surface area is 97.8 Å². The minimum atomic E-state index is -0.933. The number of carbonyl (C=O) groups is 1. The second kappa shape index (κ2) is 4.72. The molecule has 4 heteroatoms. The van der Waals surface area contributed by atoms with Gasteiger partial charge in [0.15, 0.2) is 0 Å². The summed E-state index contributed by atoms with van der Waals surface area (Å²) in [6.07, 6.45) is 3.11. The topological polar surface area (TPSA) is 61.4 Å². The molecule has 1 heterocycles. The number of carbonyl (C=O) groups excluding carboxylic acids is 1. The lowest BCUT2D eigenvalue weighted by atomic mass is 9.85. The number of piperidine rings is 1. The summed E-state index contributed by atoms with van der Waals surface area (Å²) in [6, 6.07) is -0.102. The van der Waals surface area contributed by atoms with Crippen LogP contribution in [-0.2, 0) is 4.79 Å². The zero-order valence-corrected chi connectivity index (χ0v) is 10.8. The van der Waals surface area contributed by atoms with Gasteiger partial charge in [-0.3, -0.25) is 4.79 Å². The normalized spacial score (nSPS) is 22.9. The Bertz CT molecular complexity index is 250. The highest BCUT2D eigenvalue weighted by molar-refractivity contribution is 5.82. The van der Waals surface area contributed by atoms with Crippen molar-refractivity contribution >= 4 is 5.91 Å². The Morgan fingerprint density at radius 3 is 2.38 bits per heavy atom. The number of nitrogens with one attached hydrogen (secondary N) is 2. The van der Waals surface area contributed by atoms with E-state index in [1.165, 1.54) is 0 Å². The van der Waals surface area contributed by atoms with Crippen LogP contribution in [0.5, 0.6) is 0 Å². The first kappa shape index (κ1) is 13.5. The van der Waals surface area contributed by atoms with Gasteiger partial charge in [-0.25, -0.2) is 0 Å². The van der Waals surface area contributed by atoms with Crippen LogP contribution in [0.25, 0.3) is 0 Å². The lowest BCUT2D eigenvalue weighted by molar-refractivity contribution is -0.128. The maximum absolute atomic E-state index is 12.0. The van der Waals surface area contributed by atoms with Crippen LogP contribution in [0.2, 0.25) is 0 Å². The molecule has 1 saturated heterocycles. The SMILES string of the molecule is CC(C)(O)C(C)(C)NC(=O)C1CCCCN1. The van der Waals surface area contributed by atoms with Crippen molar-refractivity contribution < 1.29 is 9.90 Å². The molecular formula is C12H24N2O2. The molecule has 1 amide bonds. The average molecular weight is 228 g/mol. The first-order chi connectivity index (χ1) is 7.24. The molecule has 4 nitrogen and oxygen atoms in total. The second-order valence-electron chi connectivity index (χ2n) is 5.68. The molecule has 0 saturated carbocycles. The molecule has 16 heavy (non-hydrogen) atoms. The molecule has 1 rings (SSSR count). The fourth-order valence-corrected chi connectivity index (χ4v) is 1.62. The Morgan fingerprint density at radius 2 is 1.94 bits per heavy atom. The van der Waals surface area contributed by atoms with Gasteiger partial charge in [0.25, 0.3) is 0 Å². The largest absolute Gasteiger partial charge is 0.388 e. The van der Waals surface area contributed by atoms with E-state index in [2.05, 4.69) is 10.6 Å². The summed E-state index contributed by atoms with van der Waals surface area (Å²) in [5, 5.41) is 16.1. The minimum absolute atomic E-state index is 0.00757. The van der Waals surface area contributed by atoms with Crippen LogP contribution in [0.15, 0.2) is 0 Å². The molecule has 1 fully saturated rings. The summed E-state index contributed by atoms with van der Waals surface area (Å²) >= 11 is 0. The third-order valence-corrected chi connectivity index (χ3v) is 3.59. The van der Waals surface area contributed by atoms with Crippen molar-refractivity contribution in [3.8, 4) is 0 Å². The number of hydrogen-bond acceptors (Lipinski definition) is 3. The summed E-state index contributed by atoms with van der Waals surface area (Å²) in [6.45, 7) is 8.01. The van der Waals surface area contributed by atoms with Crippen molar-refractivity contribution in [1.82, 2.24) is 10.6 Å². The molecule has 0 aromatic rings. The van der Waals surface area contributed by atoms with Crippen LogP contribution >= 0.6 is 0 Å². The van der Waals surface area contributed by atoms with Gasteiger partial charge in [0.2, 0.25) is 5.91 Å². The minimum Gasteiger partial charge on any atom is -0.388 e. The van der Waals surface area contributed by atoms with E-state index >= 15 is 0 Å². The first-order valence-electron chi connectivity index (χ1n) is 6.02. The van der Waals surface area contributed by atoms with E-state index in [9.17, 15) is 9.90 Å². The highest BCUT2D eigenvalue weighted by Gasteiger charge is 2.37. The fourth-order valence-electron chi connectivity index (χ4n) is 1.62. The summed E-state index contributed by atoms with van der Waals surface area (Å²) in [5.41, 5.74) is -1.56. The molecule has 0 aliphatic carbocycles. The molecular weight excluding hydrogens is 204 g/mol. The zero-order valence-electron chi connectivity index (χ0n) is 10.8. The highest BCUT2D eigenvalue weighted by atomic mass is 16.3. The van der Waals surface area contributed by atoms with Crippen molar-refractivity contribution in [2.24, 2.45) is 0 Å². The molecule has 1 unspecified atom stereocenters. The predicted molar refractivity (Wildman–Crippen MR) is 64.2 cm³/mol. The predicted octanol–water partition coefficient (Wildman–Crippen LogP) is 0.794. The van der Waals surface area contributed by atoms with E-state index in [0.717, 1.165) is 25.8 Å². The van der Waals surface area contributed by atoms with Gasteiger partial charge in [-0.05, 0) is 47.1 Å². The number of aliphatic hydroxyl groups is 1. The summed E-state index contributed by atoms with van der Waals surface area (Å²) in [4.78, 5) is 12.0. The third kappa shape index (κ3) is 3.19. The van der Waals surface area contributed by atoms with Gasteiger partial charge < -0.3 is 15.7 Å². The van der Waals surface area contributed by atoms with E-state index in [0.29, 0.717) is 0 Å². The summed E-state index contributed by atoms with van der Waals surface area (Å²) < 4.78 is 0. The number of hydrogen-bond donors (Lipinski definition) is 3. The van der Waals surface area contributed by atoms with E-state index in [-0.39, 0.29) is 11.9 Å². The van der Waals surface area contributed by atoms with Crippen molar-refractivity contribution in [3.63, 3.8) is 0 Å². The molecule has 0 radical (unpaired) electrons. The number of rotatable bonds is 3. The standard InChI is InChI=1S/C12H24N2O2/c1-11(2,12(3,4)16)14-10(15)9-7-5-6-8-13-9/h9,13,16H,5-8H2,1-4H3,(H,14,15). The molecule has 1 aliphatic rings. The van der Waals surface area contributed by atoms with Gasteiger partial charge >= 0.3 is 0 Å². The van der Waals surface area contributed by atoms with Crippen LogP contribution in [0.1, 0.15) is 47.0 Å². The van der Waals surface area contributed by atoms with Crippen molar-refractivity contribution in [2.45, 2.75) is 64.1 Å². The van der Waals surface area contributed by atoms with Gasteiger partial charge in [0, 0.05) is 0 Å². The van der Waals surface area contributed by atoms with E-state index in [1.807, 2.05) is 13.8 Å². The molecule has 3 N–H and O–H groups in total. The van der Waals surface area contributed by atoms with Crippen LogP contribution in [-0.4, -0.2) is 34.7 Å². The van der Waals surface area contributed by atoms with Crippen LogP contribution in [0.4, 0.5) is 0 Å². The quantitative estimate of drug-likeness (QED) is 0.669. The third-order valence-electron chi connectivity index (χ3n) is 3.59. The van der Waals surface area contributed by atoms with Gasteiger partial charge in [0.05, 0.1) is 17.2 Å². The molecule has 1 atom stereocenters. The average Bonchev–Trinajstić information content (AvgIpc) is 2.16. The zero-order chi connectivity index (χ0) is 12.4. The smallest absolute Gasteiger partial charge is 0.237 e. The van der Waals surface area contributed by atoms with Gasteiger partial charge in [-0.1, -0.05) is 6.42 Å². The maximum atomic E-state index is 12.0. The maximum Gasteiger partial charge on any atom is 0.237 e. The summed E-state index contributed by atoms with van der Waals surface area (Å²) in [5.74, 6) is -0.00757. The first-order valence-corrected chi connectivity index (χ1v) is 6.02. The lowest BCUT2D eigenvalue weighted by Gasteiger charge is -2.39. The van der Waals surface area contributed by atoms with Crippen molar-refractivity contribution in [2.75, 3.05) is 6.54 Å². The fraction of sp³-hybridized carbons (Fsp3) is 0.917. The van der Waals surface area contributed by atoms with E-state index < -0.39 is 11.1 Å². The molecule has 0 aromatic heterocycles. The molecule has 0 bridgehead atoms. The van der Waals surface area contributed by atoms with Crippen molar-refractivity contribution in [1.29, 1.82) is 0 Å². The van der Waals surface area contributed by atoms with Crippen molar-refractivity contribution in [3.05, 3.63) is 0 Å². The van der Waals surface area contributed by atoms with E-state index in [4.69, 9.17) is 0 Å². The van der Waals surface area contributed by atoms with E-state index in [1.54, 1.807) is 13.8 Å². The molecule has 1 aliphatic heterocycles. The van der Waals surface area contributed by atoms with Gasteiger partial charge in [0.1, 0.15) is 0 Å². The Hall–Kier alpha value is -0.610. The Kier molecular flexibility index (Phi) is 3.97. The number of amides is 1. The van der Waals surface area contributed by atoms with Crippen LogP contribution in [0, 0.1) is 0 Å². The second-order valence-corrected chi connectivity index (χ2v) is 5.68. The molecule has 0 spiro atoms. The molecule has 0 aromatic carbocycles. The Balaban J connectivity index is 2.56. The van der Waals surface area contributed by atoms with Gasteiger partial charge in [-0.15, -0.1) is 0 Å². The van der Waals surface area contributed by atoms with Crippen LogP contribution < -0.4 is 10.6 Å². The van der Waals surface area contributed by atoms with Gasteiger partial charge in [-0.2, -0.15) is 0 Å².